The van der Waals surface area contributed by atoms with Crippen molar-refractivity contribution in [2.45, 2.75) is 6.42 Å². The smallest absolute Gasteiger partial charge is 0.331 e. The van der Waals surface area contributed by atoms with E-state index in [0.717, 1.165) is 11.3 Å². The van der Waals surface area contributed by atoms with Gasteiger partial charge in [0.15, 0.2) is 24.7 Å². The summed E-state index contributed by atoms with van der Waals surface area (Å²) in [5.41, 5.74) is 1.72. The average Bonchev–Trinajstić information content (AvgIpc) is 2.80. The third kappa shape index (κ3) is 8.11. The van der Waals surface area contributed by atoms with E-state index in [0.29, 0.717) is 30.0 Å². The number of ether oxygens (including phenoxy) is 4. The molecular weight excluding hydrogens is 400 g/mol. The zero-order valence-electron chi connectivity index (χ0n) is 17.4. The highest BCUT2D eigenvalue weighted by Crippen LogP contribution is 2.28. The maximum atomic E-state index is 11.8. The SMILES string of the molecule is COc1ccc(CCNC(=O)COC(=O)/C=C/c2ccc(OCC#N)c(OC)c2)cc1. The number of carbonyl (C=O) groups excluding carboxylic acids is 2. The van der Waals surface area contributed by atoms with Crippen molar-refractivity contribution >= 4 is 18.0 Å². The molecule has 31 heavy (non-hydrogen) atoms. The molecule has 2 aromatic rings. The Bertz CT molecular complexity index is 948. The molecule has 0 aliphatic heterocycles. The van der Waals surface area contributed by atoms with Crippen LogP contribution in [-0.2, 0) is 20.7 Å². The molecule has 1 amide bonds. The number of carbonyl (C=O) groups is 2. The second-order valence-electron chi connectivity index (χ2n) is 6.25. The fourth-order valence-corrected chi connectivity index (χ4v) is 2.56. The number of hydrogen-bond donors (Lipinski definition) is 1. The first-order valence-corrected chi connectivity index (χ1v) is 9.48. The lowest BCUT2D eigenvalue weighted by atomic mass is 10.1. The van der Waals surface area contributed by atoms with Gasteiger partial charge in [0.1, 0.15) is 11.8 Å². The van der Waals surface area contributed by atoms with Crippen molar-refractivity contribution in [1.29, 1.82) is 5.26 Å². The van der Waals surface area contributed by atoms with Crippen LogP contribution in [0.4, 0.5) is 0 Å². The van der Waals surface area contributed by atoms with E-state index in [4.69, 9.17) is 24.2 Å². The molecule has 0 unspecified atom stereocenters. The topological polar surface area (TPSA) is 107 Å². The largest absolute Gasteiger partial charge is 0.497 e. The molecule has 0 atom stereocenters. The van der Waals surface area contributed by atoms with Gasteiger partial charge in [-0.2, -0.15) is 5.26 Å². The lowest BCUT2D eigenvalue weighted by molar-refractivity contribution is -0.143. The molecule has 2 rings (SSSR count). The molecule has 0 fully saturated rings. The van der Waals surface area contributed by atoms with Crippen molar-refractivity contribution in [2.24, 2.45) is 0 Å². The fourth-order valence-electron chi connectivity index (χ4n) is 2.56. The number of rotatable bonds is 11. The summed E-state index contributed by atoms with van der Waals surface area (Å²) in [7, 11) is 3.08. The van der Waals surface area contributed by atoms with Gasteiger partial charge in [-0.1, -0.05) is 18.2 Å². The normalized spacial score (nSPS) is 10.2. The summed E-state index contributed by atoms with van der Waals surface area (Å²) < 4.78 is 20.5. The monoisotopic (exact) mass is 424 g/mol. The van der Waals surface area contributed by atoms with Crippen LogP contribution < -0.4 is 19.5 Å². The van der Waals surface area contributed by atoms with Crippen LogP contribution in [-0.4, -0.2) is 45.9 Å². The van der Waals surface area contributed by atoms with E-state index in [2.05, 4.69) is 5.32 Å². The number of esters is 1. The number of methoxy groups -OCH3 is 2. The average molecular weight is 424 g/mol. The van der Waals surface area contributed by atoms with Crippen molar-refractivity contribution in [2.75, 3.05) is 34.0 Å². The molecule has 8 nitrogen and oxygen atoms in total. The predicted molar refractivity (Wildman–Crippen MR) is 114 cm³/mol. The summed E-state index contributed by atoms with van der Waals surface area (Å²) in [5.74, 6) is 0.608. The first kappa shape index (κ1) is 23.3. The van der Waals surface area contributed by atoms with Gasteiger partial charge in [-0.15, -0.1) is 0 Å². The number of benzene rings is 2. The molecule has 0 aliphatic carbocycles. The highest BCUT2D eigenvalue weighted by molar-refractivity contribution is 5.89. The Kier molecular flexibility index (Phi) is 9.43. The minimum atomic E-state index is -0.644. The van der Waals surface area contributed by atoms with E-state index in [1.807, 2.05) is 30.3 Å². The molecule has 0 radical (unpaired) electrons. The number of nitrogens with one attached hydrogen (secondary N) is 1. The molecule has 0 saturated heterocycles. The van der Waals surface area contributed by atoms with Gasteiger partial charge in [-0.3, -0.25) is 4.79 Å². The van der Waals surface area contributed by atoms with Crippen LogP contribution in [0.3, 0.4) is 0 Å². The highest BCUT2D eigenvalue weighted by Gasteiger charge is 2.07. The summed E-state index contributed by atoms with van der Waals surface area (Å²) >= 11 is 0. The number of hydrogen-bond acceptors (Lipinski definition) is 7. The number of nitrogens with zero attached hydrogens (tertiary/aromatic N) is 1. The third-order valence-corrected chi connectivity index (χ3v) is 4.13. The fraction of sp³-hybridized carbons (Fsp3) is 0.261. The van der Waals surface area contributed by atoms with Crippen LogP contribution in [0.1, 0.15) is 11.1 Å². The number of nitriles is 1. The maximum Gasteiger partial charge on any atom is 0.331 e. The van der Waals surface area contributed by atoms with Gasteiger partial charge in [0.25, 0.3) is 5.91 Å². The van der Waals surface area contributed by atoms with E-state index in [9.17, 15) is 9.59 Å². The Hall–Kier alpha value is -3.99. The van der Waals surface area contributed by atoms with Crippen molar-refractivity contribution in [1.82, 2.24) is 5.32 Å². The molecule has 0 aliphatic rings. The predicted octanol–water partition coefficient (Wildman–Crippen LogP) is 2.52. The van der Waals surface area contributed by atoms with Gasteiger partial charge in [0.2, 0.25) is 0 Å². The summed E-state index contributed by atoms with van der Waals surface area (Å²) in [5, 5.41) is 11.3. The Morgan fingerprint density at radius 2 is 1.84 bits per heavy atom. The molecule has 162 valence electrons. The molecular formula is C23H24N2O6. The molecule has 1 N–H and O–H groups in total. The second kappa shape index (κ2) is 12.5. The van der Waals surface area contributed by atoms with Crippen LogP contribution >= 0.6 is 0 Å². The van der Waals surface area contributed by atoms with Crippen LogP contribution in [0.5, 0.6) is 17.2 Å². The van der Waals surface area contributed by atoms with E-state index < -0.39 is 5.97 Å². The van der Waals surface area contributed by atoms with Gasteiger partial charge < -0.3 is 24.3 Å². The van der Waals surface area contributed by atoms with E-state index in [-0.39, 0.29) is 19.1 Å². The molecule has 0 heterocycles. The van der Waals surface area contributed by atoms with Gasteiger partial charge in [0, 0.05) is 12.6 Å². The minimum Gasteiger partial charge on any atom is -0.497 e. The first-order chi connectivity index (χ1) is 15.0. The molecule has 0 aromatic heterocycles. The maximum absolute atomic E-state index is 11.8. The molecule has 2 aromatic carbocycles. The highest BCUT2D eigenvalue weighted by atomic mass is 16.5. The Balaban J connectivity index is 1.74. The second-order valence-corrected chi connectivity index (χ2v) is 6.25. The Morgan fingerprint density at radius 3 is 2.52 bits per heavy atom. The van der Waals surface area contributed by atoms with E-state index >= 15 is 0 Å². The van der Waals surface area contributed by atoms with Crippen molar-refractivity contribution in [3.05, 3.63) is 59.7 Å². The van der Waals surface area contributed by atoms with Gasteiger partial charge in [-0.25, -0.2) is 4.79 Å². The van der Waals surface area contributed by atoms with Crippen molar-refractivity contribution in [3.63, 3.8) is 0 Å². The number of amides is 1. The third-order valence-electron chi connectivity index (χ3n) is 4.13. The lowest BCUT2D eigenvalue weighted by Gasteiger charge is -2.08. The van der Waals surface area contributed by atoms with Crippen molar-refractivity contribution < 1.29 is 28.5 Å². The van der Waals surface area contributed by atoms with Crippen LogP contribution in [0, 0.1) is 11.3 Å². The standard InChI is InChI=1S/C23H24N2O6/c1-28-19-7-3-17(4-8-19)11-13-25-22(26)16-31-23(27)10-6-18-5-9-20(30-14-12-24)21(15-18)29-2/h3-10,15H,11,13-14,16H2,1-2H3,(H,25,26)/b10-6+. The minimum absolute atomic E-state index is 0.0972. The van der Waals surface area contributed by atoms with E-state index in [1.54, 1.807) is 25.3 Å². The molecule has 8 heteroatoms. The Labute approximate surface area is 181 Å². The zero-order valence-corrected chi connectivity index (χ0v) is 17.4. The van der Waals surface area contributed by atoms with Crippen LogP contribution in [0.25, 0.3) is 6.08 Å². The van der Waals surface area contributed by atoms with Crippen LogP contribution in [0.15, 0.2) is 48.5 Å². The van der Waals surface area contributed by atoms with Gasteiger partial charge in [-0.05, 0) is 47.9 Å². The summed E-state index contributed by atoms with van der Waals surface area (Å²) in [6.45, 7) is -0.0331. The molecule has 0 bridgehead atoms. The zero-order chi connectivity index (χ0) is 22.5. The van der Waals surface area contributed by atoms with E-state index in [1.165, 1.54) is 19.3 Å². The van der Waals surface area contributed by atoms with Gasteiger partial charge in [0.05, 0.1) is 14.2 Å². The van der Waals surface area contributed by atoms with Crippen LogP contribution in [0.2, 0.25) is 0 Å². The quantitative estimate of drug-likeness (QED) is 0.436. The Morgan fingerprint density at radius 1 is 1.06 bits per heavy atom. The summed E-state index contributed by atoms with van der Waals surface area (Å²) in [4.78, 5) is 23.7. The first-order valence-electron chi connectivity index (χ1n) is 9.48. The van der Waals surface area contributed by atoms with Gasteiger partial charge >= 0.3 is 5.97 Å². The lowest BCUT2D eigenvalue weighted by Crippen LogP contribution is -2.30. The molecule has 0 spiro atoms. The van der Waals surface area contributed by atoms with Crippen molar-refractivity contribution in [3.8, 4) is 23.3 Å². The summed E-state index contributed by atoms with van der Waals surface area (Å²) in [6, 6.07) is 14.4. The molecule has 0 saturated carbocycles. The summed E-state index contributed by atoms with van der Waals surface area (Å²) in [6.07, 6.45) is 3.40.